The minimum Gasteiger partial charge on any atom is -0.394 e. The van der Waals surface area contributed by atoms with Crippen molar-refractivity contribution in [2.45, 2.75) is 32.3 Å². The van der Waals surface area contributed by atoms with Gasteiger partial charge in [-0.05, 0) is 6.42 Å². The lowest BCUT2D eigenvalue weighted by atomic mass is 10.3. The van der Waals surface area contributed by atoms with E-state index < -0.39 is 0 Å². The Morgan fingerprint density at radius 2 is 2.21 bits per heavy atom. The van der Waals surface area contributed by atoms with Crippen molar-refractivity contribution < 1.29 is 14.6 Å². The molecule has 0 bridgehead atoms. The molecule has 0 radical (unpaired) electrons. The van der Waals surface area contributed by atoms with Crippen molar-refractivity contribution >= 4 is 0 Å². The highest BCUT2D eigenvalue weighted by Crippen LogP contribution is 1.98. The summed E-state index contributed by atoms with van der Waals surface area (Å²) in [4.78, 5) is 0. The average Bonchev–Trinajstić information content (AvgIpc) is 2.22. The predicted octanol–water partition coefficient (Wildman–Crippen LogP) is 1.76. The molecule has 0 saturated carbocycles. The second kappa shape index (κ2) is 10.7. The summed E-state index contributed by atoms with van der Waals surface area (Å²) < 4.78 is 10.6. The van der Waals surface area contributed by atoms with Crippen LogP contribution in [0.4, 0.5) is 0 Å². The Balaban J connectivity index is 3.33. The van der Waals surface area contributed by atoms with Crippen molar-refractivity contribution in [2.75, 3.05) is 26.4 Å². The van der Waals surface area contributed by atoms with Crippen LogP contribution in [0.25, 0.3) is 0 Å². The summed E-state index contributed by atoms with van der Waals surface area (Å²) in [5.74, 6) is 0. The molecule has 0 fully saturated rings. The highest BCUT2D eigenvalue weighted by Gasteiger charge is 2.06. The summed E-state index contributed by atoms with van der Waals surface area (Å²) in [6.45, 7) is 7.36. The molecular weight excluding hydrogens is 180 g/mol. The average molecular weight is 202 g/mol. The fourth-order valence-corrected chi connectivity index (χ4v) is 1.04. The molecule has 0 aliphatic rings. The van der Waals surface area contributed by atoms with E-state index in [1.165, 1.54) is 12.8 Å². The molecule has 0 rings (SSSR count). The fraction of sp³-hybridized carbons (Fsp3) is 0.818. The Morgan fingerprint density at radius 1 is 1.43 bits per heavy atom. The van der Waals surface area contributed by atoms with Gasteiger partial charge >= 0.3 is 0 Å². The van der Waals surface area contributed by atoms with Crippen molar-refractivity contribution in [1.82, 2.24) is 0 Å². The van der Waals surface area contributed by atoms with Crippen LogP contribution in [0, 0.1) is 0 Å². The first kappa shape index (κ1) is 13.6. The highest BCUT2D eigenvalue weighted by molar-refractivity contribution is 4.65. The molecule has 0 aliphatic carbocycles. The fourth-order valence-electron chi connectivity index (χ4n) is 1.04. The van der Waals surface area contributed by atoms with Gasteiger partial charge in [0.2, 0.25) is 0 Å². The molecule has 0 aromatic rings. The number of hydrogen-bond acceptors (Lipinski definition) is 3. The number of unbranched alkanes of at least 4 members (excludes halogenated alkanes) is 2. The van der Waals surface area contributed by atoms with Gasteiger partial charge in [0.1, 0.15) is 6.10 Å². The first-order chi connectivity index (χ1) is 6.85. The number of ether oxygens (including phenoxy) is 2. The molecule has 0 saturated heterocycles. The molecule has 14 heavy (non-hydrogen) atoms. The molecule has 3 nitrogen and oxygen atoms in total. The van der Waals surface area contributed by atoms with Gasteiger partial charge in [-0.2, -0.15) is 0 Å². The van der Waals surface area contributed by atoms with Gasteiger partial charge in [-0.25, -0.2) is 0 Å². The summed E-state index contributed by atoms with van der Waals surface area (Å²) in [6, 6.07) is 0. The molecule has 84 valence electrons. The summed E-state index contributed by atoms with van der Waals surface area (Å²) in [7, 11) is 0. The number of rotatable bonds is 10. The SMILES string of the molecule is C=CCOC[C@H](CO)OCCCCC. The van der Waals surface area contributed by atoms with Gasteiger partial charge in [0.15, 0.2) is 0 Å². The van der Waals surface area contributed by atoms with Crippen LogP contribution in [-0.4, -0.2) is 37.6 Å². The second-order valence-electron chi connectivity index (χ2n) is 3.21. The first-order valence-corrected chi connectivity index (χ1v) is 5.26. The van der Waals surface area contributed by atoms with Crippen molar-refractivity contribution in [3.8, 4) is 0 Å². The van der Waals surface area contributed by atoms with Gasteiger partial charge in [0, 0.05) is 6.61 Å². The number of aliphatic hydroxyl groups is 1. The molecule has 1 N–H and O–H groups in total. The Hall–Kier alpha value is -0.380. The molecule has 0 aromatic carbocycles. The third kappa shape index (κ3) is 8.23. The van der Waals surface area contributed by atoms with E-state index in [1.807, 2.05) is 0 Å². The van der Waals surface area contributed by atoms with Gasteiger partial charge in [-0.15, -0.1) is 6.58 Å². The Kier molecular flexibility index (Phi) is 10.4. The summed E-state index contributed by atoms with van der Waals surface area (Å²) in [5.41, 5.74) is 0. The summed E-state index contributed by atoms with van der Waals surface area (Å²) >= 11 is 0. The molecule has 0 heterocycles. The normalized spacial score (nSPS) is 12.7. The van der Waals surface area contributed by atoms with Crippen LogP contribution >= 0.6 is 0 Å². The summed E-state index contributed by atoms with van der Waals surface area (Å²) in [5, 5.41) is 8.95. The lowest BCUT2D eigenvalue weighted by Gasteiger charge is -2.14. The lowest BCUT2D eigenvalue weighted by molar-refractivity contribution is -0.0382. The second-order valence-corrected chi connectivity index (χ2v) is 3.21. The van der Waals surface area contributed by atoms with Crippen LogP contribution in [0.3, 0.4) is 0 Å². The molecule has 0 aromatic heterocycles. The van der Waals surface area contributed by atoms with Crippen molar-refractivity contribution in [1.29, 1.82) is 0 Å². The maximum atomic E-state index is 8.95. The van der Waals surface area contributed by atoms with Gasteiger partial charge in [0.25, 0.3) is 0 Å². The maximum absolute atomic E-state index is 8.95. The van der Waals surface area contributed by atoms with Crippen LogP contribution < -0.4 is 0 Å². The third-order valence-corrected chi connectivity index (χ3v) is 1.84. The van der Waals surface area contributed by atoms with E-state index in [0.29, 0.717) is 19.8 Å². The van der Waals surface area contributed by atoms with E-state index in [-0.39, 0.29) is 12.7 Å². The highest BCUT2D eigenvalue weighted by atomic mass is 16.5. The molecule has 0 unspecified atom stereocenters. The predicted molar refractivity (Wildman–Crippen MR) is 57.4 cm³/mol. The van der Waals surface area contributed by atoms with Crippen LogP contribution in [0.5, 0.6) is 0 Å². The molecule has 0 aliphatic heterocycles. The van der Waals surface area contributed by atoms with E-state index in [1.54, 1.807) is 6.08 Å². The number of aliphatic hydroxyl groups excluding tert-OH is 1. The van der Waals surface area contributed by atoms with Crippen molar-refractivity contribution in [3.05, 3.63) is 12.7 Å². The van der Waals surface area contributed by atoms with E-state index in [9.17, 15) is 0 Å². The zero-order valence-corrected chi connectivity index (χ0v) is 9.08. The van der Waals surface area contributed by atoms with Crippen molar-refractivity contribution in [3.63, 3.8) is 0 Å². The quantitative estimate of drug-likeness (QED) is 0.433. The smallest absolute Gasteiger partial charge is 0.104 e. The lowest BCUT2D eigenvalue weighted by Crippen LogP contribution is -2.24. The van der Waals surface area contributed by atoms with Gasteiger partial charge in [-0.1, -0.05) is 25.8 Å². The van der Waals surface area contributed by atoms with Gasteiger partial charge < -0.3 is 14.6 Å². The zero-order chi connectivity index (χ0) is 10.6. The van der Waals surface area contributed by atoms with Crippen molar-refractivity contribution in [2.24, 2.45) is 0 Å². The minimum atomic E-state index is -0.188. The third-order valence-electron chi connectivity index (χ3n) is 1.84. The zero-order valence-electron chi connectivity index (χ0n) is 9.08. The molecule has 0 spiro atoms. The topological polar surface area (TPSA) is 38.7 Å². The number of hydrogen-bond donors (Lipinski definition) is 1. The van der Waals surface area contributed by atoms with Crippen LogP contribution in [-0.2, 0) is 9.47 Å². The Morgan fingerprint density at radius 3 is 2.79 bits per heavy atom. The van der Waals surface area contributed by atoms with E-state index in [0.717, 1.165) is 6.42 Å². The van der Waals surface area contributed by atoms with Crippen LogP contribution in [0.2, 0.25) is 0 Å². The Labute approximate surface area is 86.7 Å². The standard InChI is InChI=1S/C11H22O3/c1-3-5-6-8-14-11(9-12)10-13-7-4-2/h4,11-12H,2-3,5-10H2,1H3/t11-/m0/s1. The summed E-state index contributed by atoms with van der Waals surface area (Å²) in [6.07, 6.45) is 4.90. The molecule has 1 atom stereocenters. The Bertz CT molecular complexity index is 126. The first-order valence-electron chi connectivity index (χ1n) is 5.26. The minimum absolute atomic E-state index is 0.0171. The molecular formula is C11H22O3. The van der Waals surface area contributed by atoms with E-state index in [2.05, 4.69) is 13.5 Å². The largest absolute Gasteiger partial charge is 0.394 e. The van der Waals surface area contributed by atoms with E-state index in [4.69, 9.17) is 14.6 Å². The van der Waals surface area contributed by atoms with Crippen LogP contribution in [0.1, 0.15) is 26.2 Å². The van der Waals surface area contributed by atoms with Crippen LogP contribution in [0.15, 0.2) is 12.7 Å². The van der Waals surface area contributed by atoms with Gasteiger partial charge in [-0.3, -0.25) is 0 Å². The molecule has 3 heteroatoms. The monoisotopic (exact) mass is 202 g/mol. The molecule has 0 amide bonds. The van der Waals surface area contributed by atoms with E-state index >= 15 is 0 Å². The van der Waals surface area contributed by atoms with Gasteiger partial charge in [0.05, 0.1) is 19.8 Å². The maximum Gasteiger partial charge on any atom is 0.104 e.